The molecule has 1 aliphatic rings. The number of aryl methyl sites for hydroxylation is 1. The summed E-state index contributed by atoms with van der Waals surface area (Å²) < 4.78 is 21.4. The second-order valence-corrected chi connectivity index (χ2v) is 6.50. The van der Waals surface area contributed by atoms with E-state index in [-0.39, 0.29) is 16.8 Å². The summed E-state index contributed by atoms with van der Waals surface area (Å²) >= 11 is 12.5. The van der Waals surface area contributed by atoms with E-state index in [1.165, 1.54) is 10.7 Å². The van der Waals surface area contributed by atoms with Gasteiger partial charge in [0.15, 0.2) is 5.82 Å². The van der Waals surface area contributed by atoms with Crippen molar-refractivity contribution in [2.45, 2.75) is 45.6 Å². The Labute approximate surface area is 139 Å². The Hall–Kier alpha value is -1.26. The Bertz CT molecular complexity index is 713. The molecule has 3 rings (SSSR count). The minimum absolute atomic E-state index is 0.0582. The maximum Gasteiger partial charge on any atom is 0.150 e. The van der Waals surface area contributed by atoms with E-state index in [4.69, 9.17) is 27.9 Å². The van der Waals surface area contributed by atoms with Crippen molar-refractivity contribution in [2.75, 3.05) is 0 Å². The number of hydrogen-bond acceptors (Lipinski definition) is 2. The summed E-state index contributed by atoms with van der Waals surface area (Å²) in [5.74, 6) is -0.0412. The first-order valence-corrected chi connectivity index (χ1v) is 8.15. The molecule has 0 saturated heterocycles. The van der Waals surface area contributed by atoms with Crippen molar-refractivity contribution in [2.24, 2.45) is 0 Å². The average molecular weight is 343 g/mol. The van der Waals surface area contributed by atoms with Gasteiger partial charge in [0, 0.05) is 11.6 Å². The molecule has 0 radical (unpaired) electrons. The van der Waals surface area contributed by atoms with Crippen molar-refractivity contribution in [1.29, 1.82) is 0 Å². The van der Waals surface area contributed by atoms with E-state index in [2.05, 4.69) is 5.10 Å². The summed E-state index contributed by atoms with van der Waals surface area (Å²) in [6.45, 7) is 3.78. The SMILES string of the molecule is CC(C)Oc1cc(-n2nc3c(c2Cl)CCCC3)c(F)cc1Cl. The van der Waals surface area contributed by atoms with Crippen molar-refractivity contribution in [1.82, 2.24) is 9.78 Å². The van der Waals surface area contributed by atoms with Crippen molar-refractivity contribution in [3.8, 4) is 11.4 Å². The maximum atomic E-state index is 14.3. The molecule has 3 nitrogen and oxygen atoms in total. The Kier molecular flexibility index (Phi) is 4.33. The van der Waals surface area contributed by atoms with Gasteiger partial charge in [-0.2, -0.15) is 5.10 Å². The summed E-state index contributed by atoms with van der Waals surface area (Å²) in [6.07, 6.45) is 3.89. The van der Waals surface area contributed by atoms with Crippen molar-refractivity contribution in [3.63, 3.8) is 0 Å². The second kappa shape index (κ2) is 6.09. The van der Waals surface area contributed by atoms with Crippen LogP contribution in [0.2, 0.25) is 10.2 Å². The number of halogens is 3. The van der Waals surface area contributed by atoms with Gasteiger partial charge in [-0.3, -0.25) is 0 Å². The van der Waals surface area contributed by atoms with Gasteiger partial charge in [-0.1, -0.05) is 23.2 Å². The van der Waals surface area contributed by atoms with E-state index in [0.717, 1.165) is 36.9 Å². The molecular formula is C16H17Cl2FN2O. The number of nitrogens with zero attached hydrogens (tertiary/aromatic N) is 2. The third kappa shape index (κ3) is 2.82. The quantitative estimate of drug-likeness (QED) is 0.786. The average Bonchev–Trinajstić information content (AvgIpc) is 2.79. The third-order valence-corrected chi connectivity index (χ3v) is 4.37. The normalized spacial score (nSPS) is 14.3. The molecule has 1 aromatic carbocycles. The molecule has 22 heavy (non-hydrogen) atoms. The number of hydrogen-bond donors (Lipinski definition) is 0. The summed E-state index contributed by atoms with van der Waals surface area (Å²) in [7, 11) is 0. The van der Waals surface area contributed by atoms with Gasteiger partial charge < -0.3 is 4.74 Å². The summed E-state index contributed by atoms with van der Waals surface area (Å²) in [6, 6.07) is 2.80. The van der Waals surface area contributed by atoms with Crippen molar-refractivity contribution >= 4 is 23.2 Å². The van der Waals surface area contributed by atoms with Crippen LogP contribution >= 0.6 is 23.2 Å². The van der Waals surface area contributed by atoms with E-state index >= 15 is 0 Å². The molecule has 0 unspecified atom stereocenters. The molecular weight excluding hydrogens is 326 g/mol. The summed E-state index contributed by atoms with van der Waals surface area (Å²) in [5.41, 5.74) is 2.24. The van der Waals surface area contributed by atoms with Crippen LogP contribution in [0.4, 0.5) is 4.39 Å². The van der Waals surface area contributed by atoms with Crippen LogP contribution in [0.5, 0.6) is 5.75 Å². The fourth-order valence-corrected chi connectivity index (χ4v) is 3.23. The second-order valence-electron chi connectivity index (χ2n) is 5.74. The highest BCUT2D eigenvalue weighted by Crippen LogP contribution is 2.34. The maximum absolute atomic E-state index is 14.3. The summed E-state index contributed by atoms with van der Waals surface area (Å²) in [4.78, 5) is 0. The monoisotopic (exact) mass is 342 g/mol. The molecule has 0 atom stereocenters. The molecule has 0 spiro atoms. The number of rotatable bonds is 3. The van der Waals surface area contributed by atoms with Crippen LogP contribution in [0.15, 0.2) is 12.1 Å². The lowest BCUT2D eigenvalue weighted by atomic mass is 9.99. The van der Waals surface area contributed by atoms with E-state index in [1.807, 2.05) is 13.8 Å². The molecule has 6 heteroatoms. The topological polar surface area (TPSA) is 27.1 Å². The highest BCUT2D eigenvalue weighted by Gasteiger charge is 2.22. The number of benzene rings is 1. The van der Waals surface area contributed by atoms with Crippen LogP contribution < -0.4 is 4.74 Å². The van der Waals surface area contributed by atoms with Crippen LogP contribution in [0.3, 0.4) is 0 Å². The number of aromatic nitrogens is 2. The minimum atomic E-state index is -0.470. The molecule has 0 saturated carbocycles. The Morgan fingerprint density at radius 1 is 1.23 bits per heavy atom. The van der Waals surface area contributed by atoms with Gasteiger partial charge in [0.1, 0.15) is 16.6 Å². The predicted octanol–water partition coefficient (Wildman–Crippen LogP) is 4.98. The van der Waals surface area contributed by atoms with Gasteiger partial charge in [-0.25, -0.2) is 9.07 Å². The van der Waals surface area contributed by atoms with Gasteiger partial charge in [-0.05, 0) is 45.6 Å². The highest BCUT2D eigenvalue weighted by atomic mass is 35.5. The molecule has 1 aromatic heterocycles. The first-order valence-electron chi connectivity index (χ1n) is 7.39. The lowest BCUT2D eigenvalue weighted by molar-refractivity contribution is 0.242. The third-order valence-electron chi connectivity index (χ3n) is 3.69. The molecule has 1 aliphatic carbocycles. The van der Waals surface area contributed by atoms with Crippen molar-refractivity contribution in [3.05, 3.63) is 39.4 Å². The first-order chi connectivity index (χ1) is 10.5. The van der Waals surface area contributed by atoms with Crippen molar-refractivity contribution < 1.29 is 9.13 Å². The van der Waals surface area contributed by atoms with E-state index in [1.54, 1.807) is 6.07 Å². The van der Waals surface area contributed by atoms with Crippen LogP contribution in [-0.2, 0) is 12.8 Å². The highest BCUT2D eigenvalue weighted by molar-refractivity contribution is 6.32. The number of ether oxygens (including phenoxy) is 1. The molecule has 118 valence electrons. The van der Waals surface area contributed by atoms with Gasteiger partial charge in [0.05, 0.1) is 16.8 Å². The van der Waals surface area contributed by atoms with Crippen LogP contribution in [-0.4, -0.2) is 15.9 Å². The van der Waals surface area contributed by atoms with Crippen LogP contribution in [0, 0.1) is 5.82 Å². The standard InChI is InChI=1S/C16H17Cl2FN2O/c1-9(2)22-15-8-14(12(19)7-11(15)17)21-16(18)10-5-3-4-6-13(10)20-21/h7-9H,3-6H2,1-2H3. The zero-order chi connectivity index (χ0) is 15.9. The molecule has 0 bridgehead atoms. The summed E-state index contributed by atoms with van der Waals surface area (Å²) in [5, 5.41) is 5.19. The smallest absolute Gasteiger partial charge is 0.150 e. The fourth-order valence-electron chi connectivity index (χ4n) is 2.70. The zero-order valence-electron chi connectivity index (χ0n) is 12.5. The van der Waals surface area contributed by atoms with E-state index < -0.39 is 5.82 Å². The Balaban J connectivity index is 2.10. The van der Waals surface area contributed by atoms with Gasteiger partial charge in [0.2, 0.25) is 0 Å². The fraction of sp³-hybridized carbons (Fsp3) is 0.438. The zero-order valence-corrected chi connectivity index (χ0v) is 14.0. The molecule has 0 amide bonds. The van der Waals surface area contributed by atoms with Gasteiger partial charge in [0.25, 0.3) is 0 Å². The Morgan fingerprint density at radius 2 is 1.95 bits per heavy atom. The lowest BCUT2D eigenvalue weighted by Crippen LogP contribution is -2.08. The van der Waals surface area contributed by atoms with Gasteiger partial charge >= 0.3 is 0 Å². The molecule has 0 N–H and O–H groups in total. The largest absolute Gasteiger partial charge is 0.489 e. The van der Waals surface area contributed by atoms with E-state index in [9.17, 15) is 4.39 Å². The van der Waals surface area contributed by atoms with Gasteiger partial charge in [-0.15, -0.1) is 0 Å². The molecule has 0 fully saturated rings. The van der Waals surface area contributed by atoms with E-state index in [0.29, 0.717) is 10.9 Å². The molecule has 2 aromatic rings. The Morgan fingerprint density at radius 3 is 2.64 bits per heavy atom. The minimum Gasteiger partial charge on any atom is -0.489 e. The van der Waals surface area contributed by atoms with Crippen LogP contribution in [0.1, 0.15) is 37.9 Å². The first kappa shape index (κ1) is 15.6. The number of fused-ring (bicyclic) bond motifs is 1. The molecule has 0 aliphatic heterocycles. The predicted molar refractivity (Wildman–Crippen MR) is 85.9 cm³/mol. The lowest BCUT2D eigenvalue weighted by Gasteiger charge is -2.14. The van der Waals surface area contributed by atoms with Crippen LogP contribution in [0.25, 0.3) is 5.69 Å². The molecule has 1 heterocycles.